The summed E-state index contributed by atoms with van der Waals surface area (Å²) in [6, 6.07) is 21.2. The van der Waals surface area contributed by atoms with Crippen LogP contribution in [0.1, 0.15) is 39.5 Å². The van der Waals surface area contributed by atoms with Crippen molar-refractivity contribution < 1.29 is 14.3 Å². The van der Waals surface area contributed by atoms with Crippen molar-refractivity contribution in [1.82, 2.24) is 5.01 Å². The van der Waals surface area contributed by atoms with Crippen LogP contribution in [-0.4, -0.2) is 29.8 Å². The highest BCUT2D eigenvalue weighted by Gasteiger charge is 2.43. The Kier molecular flexibility index (Phi) is 5.02. The summed E-state index contributed by atoms with van der Waals surface area (Å²) >= 11 is 3.56. The van der Waals surface area contributed by atoms with E-state index in [1.807, 2.05) is 78.7 Å². The average molecular weight is 477 g/mol. The molecule has 0 aliphatic carbocycles. The molecule has 0 N–H and O–H groups in total. The van der Waals surface area contributed by atoms with Gasteiger partial charge >= 0.3 is 0 Å². The van der Waals surface area contributed by atoms with E-state index in [-0.39, 0.29) is 11.8 Å². The lowest BCUT2D eigenvalue weighted by Crippen LogP contribution is -2.45. The fourth-order valence-corrected chi connectivity index (χ4v) is 4.43. The van der Waals surface area contributed by atoms with Crippen molar-refractivity contribution in [3.8, 4) is 11.5 Å². The Morgan fingerprint density at radius 3 is 2.55 bits per heavy atom. The number of ketones is 1. The molecule has 2 heterocycles. The molecule has 2 atom stereocenters. The molecule has 0 radical (unpaired) electrons. The van der Waals surface area contributed by atoms with Gasteiger partial charge in [-0.05, 0) is 55.0 Å². The number of hydrogen-bond donors (Lipinski definition) is 0. The number of rotatable bonds is 4. The third-order valence-corrected chi connectivity index (χ3v) is 6.23. The highest BCUT2D eigenvalue weighted by Crippen LogP contribution is 2.44. The summed E-state index contributed by atoms with van der Waals surface area (Å²) < 4.78 is 12.4. The molecule has 3 aromatic carbocycles. The van der Waals surface area contributed by atoms with E-state index in [1.54, 1.807) is 7.11 Å². The number of ether oxygens (including phenoxy) is 2. The summed E-state index contributed by atoms with van der Waals surface area (Å²) in [4.78, 5) is 13.4. The van der Waals surface area contributed by atoms with Crippen LogP contribution in [0.3, 0.4) is 0 Å². The smallest absolute Gasteiger partial charge is 0.251 e. The highest BCUT2D eigenvalue weighted by molar-refractivity contribution is 9.10. The molecule has 0 bridgehead atoms. The Labute approximate surface area is 189 Å². The van der Waals surface area contributed by atoms with E-state index in [1.165, 1.54) is 0 Å². The van der Waals surface area contributed by atoms with E-state index in [2.05, 4.69) is 15.9 Å². The normalized spacial score (nSPS) is 19.2. The van der Waals surface area contributed by atoms with E-state index in [4.69, 9.17) is 14.6 Å². The van der Waals surface area contributed by atoms with Gasteiger partial charge in [0.15, 0.2) is 0 Å². The van der Waals surface area contributed by atoms with Crippen molar-refractivity contribution in [2.24, 2.45) is 5.10 Å². The SMILES string of the molecule is COc1ccc(C2=NN3[C@@H](C(=O)c4ccc(C)cc4)Oc4ccc(Br)cc4[C@H]3C2)cc1. The molecule has 31 heavy (non-hydrogen) atoms. The first-order valence-electron chi connectivity index (χ1n) is 10.1. The van der Waals surface area contributed by atoms with Gasteiger partial charge in [0.2, 0.25) is 5.78 Å². The average Bonchev–Trinajstić information content (AvgIpc) is 3.24. The largest absolute Gasteiger partial charge is 0.497 e. The Balaban J connectivity index is 1.55. The van der Waals surface area contributed by atoms with E-state index in [0.717, 1.165) is 38.4 Å². The fraction of sp³-hybridized carbons (Fsp3) is 0.200. The minimum Gasteiger partial charge on any atom is -0.497 e. The van der Waals surface area contributed by atoms with Crippen molar-refractivity contribution in [3.05, 3.63) is 93.5 Å². The van der Waals surface area contributed by atoms with E-state index in [9.17, 15) is 4.79 Å². The summed E-state index contributed by atoms with van der Waals surface area (Å²) in [5, 5.41) is 6.67. The number of hydrazone groups is 1. The Morgan fingerprint density at radius 2 is 1.84 bits per heavy atom. The maximum absolute atomic E-state index is 13.4. The molecule has 0 amide bonds. The molecule has 0 spiro atoms. The molecule has 0 saturated carbocycles. The third-order valence-electron chi connectivity index (χ3n) is 5.74. The van der Waals surface area contributed by atoms with Gasteiger partial charge in [0.1, 0.15) is 11.5 Å². The zero-order chi connectivity index (χ0) is 21.5. The molecule has 3 aromatic rings. The van der Waals surface area contributed by atoms with Gasteiger partial charge in [0, 0.05) is 22.0 Å². The highest BCUT2D eigenvalue weighted by atomic mass is 79.9. The van der Waals surface area contributed by atoms with Crippen LogP contribution in [0, 0.1) is 6.92 Å². The molecule has 0 saturated heterocycles. The summed E-state index contributed by atoms with van der Waals surface area (Å²) in [5.74, 6) is 1.42. The van der Waals surface area contributed by atoms with Crippen molar-refractivity contribution >= 4 is 27.4 Å². The van der Waals surface area contributed by atoms with E-state index >= 15 is 0 Å². The minimum atomic E-state index is -0.808. The van der Waals surface area contributed by atoms with Crippen LogP contribution >= 0.6 is 15.9 Å². The first-order valence-corrected chi connectivity index (χ1v) is 10.9. The third kappa shape index (κ3) is 3.61. The number of halogens is 1. The summed E-state index contributed by atoms with van der Waals surface area (Å²) in [7, 11) is 1.65. The number of nitrogens with zero attached hydrogens (tertiary/aromatic N) is 2. The molecule has 2 aliphatic rings. The predicted molar refractivity (Wildman–Crippen MR) is 123 cm³/mol. The second-order valence-electron chi connectivity index (χ2n) is 7.76. The lowest BCUT2D eigenvalue weighted by atomic mass is 9.95. The summed E-state index contributed by atoms with van der Waals surface area (Å²) in [5.41, 5.74) is 4.67. The predicted octanol–water partition coefficient (Wildman–Crippen LogP) is 5.52. The second kappa shape index (κ2) is 7.85. The topological polar surface area (TPSA) is 51.1 Å². The molecule has 0 unspecified atom stereocenters. The number of carbonyl (C=O) groups excluding carboxylic acids is 1. The van der Waals surface area contributed by atoms with Crippen LogP contribution in [0.15, 0.2) is 76.3 Å². The standard InChI is InChI=1S/C25H21BrN2O3/c1-15-3-5-17(6-4-15)24(29)25-28-22(20-13-18(26)9-12-23(20)31-25)14-21(27-28)16-7-10-19(30-2)11-8-16/h3-13,22,25H,14H2,1-2H3/t22-,25-/m1/s1. The van der Waals surface area contributed by atoms with Crippen molar-refractivity contribution in [1.29, 1.82) is 0 Å². The molecule has 5 rings (SSSR count). The lowest BCUT2D eigenvalue weighted by molar-refractivity contribution is -0.00459. The molecule has 5 nitrogen and oxygen atoms in total. The van der Waals surface area contributed by atoms with Crippen LogP contribution in [0.25, 0.3) is 0 Å². The number of aryl methyl sites for hydroxylation is 1. The van der Waals surface area contributed by atoms with Gasteiger partial charge in [-0.15, -0.1) is 0 Å². The van der Waals surface area contributed by atoms with Gasteiger partial charge < -0.3 is 9.47 Å². The summed E-state index contributed by atoms with van der Waals surface area (Å²) in [6.07, 6.45) is -0.117. The van der Waals surface area contributed by atoms with Crippen molar-refractivity contribution in [2.75, 3.05) is 7.11 Å². The van der Waals surface area contributed by atoms with Gasteiger partial charge in [0.25, 0.3) is 6.23 Å². The Morgan fingerprint density at radius 1 is 1.10 bits per heavy atom. The van der Waals surface area contributed by atoms with Crippen LogP contribution in [0.4, 0.5) is 0 Å². The second-order valence-corrected chi connectivity index (χ2v) is 8.67. The Hall–Kier alpha value is -3.12. The monoisotopic (exact) mass is 476 g/mol. The summed E-state index contributed by atoms with van der Waals surface area (Å²) in [6.45, 7) is 2.00. The molecular weight excluding hydrogens is 456 g/mol. The maximum atomic E-state index is 13.4. The Bertz CT molecular complexity index is 1170. The quantitative estimate of drug-likeness (QED) is 0.465. The van der Waals surface area contributed by atoms with Gasteiger partial charge in [0.05, 0.1) is 18.9 Å². The van der Waals surface area contributed by atoms with Crippen LogP contribution in [0.5, 0.6) is 11.5 Å². The minimum absolute atomic E-state index is 0.0715. The van der Waals surface area contributed by atoms with Gasteiger partial charge in [-0.25, -0.2) is 5.01 Å². The first kappa shape index (κ1) is 19.8. The number of benzene rings is 3. The zero-order valence-electron chi connectivity index (χ0n) is 17.2. The number of Topliss-reactive ketones (excluding diaryl/α,β-unsaturated/α-hetero) is 1. The van der Waals surface area contributed by atoms with Crippen molar-refractivity contribution in [2.45, 2.75) is 25.6 Å². The van der Waals surface area contributed by atoms with Gasteiger partial charge in [-0.2, -0.15) is 5.10 Å². The zero-order valence-corrected chi connectivity index (χ0v) is 18.8. The van der Waals surface area contributed by atoms with Crippen LogP contribution < -0.4 is 9.47 Å². The van der Waals surface area contributed by atoms with Gasteiger partial charge in [-0.1, -0.05) is 45.8 Å². The first-order chi connectivity index (χ1) is 15.0. The number of hydrogen-bond acceptors (Lipinski definition) is 5. The fourth-order valence-electron chi connectivity index (χ4n) is 4.05. The van der Waals surface area contributed by atoms with Gasteiger partial charge in [-0.3, -0.25) is 4.79 Å². The van der Waals surface area contributed by atoms with E-state index < -0.39 is 6.23 Å². The molecule has 2 aliphatic heterocycles. The molecule has 0 fully saturated rings. The van der Waals surface area contributed by atoms with Crippen molar-refractivity contribution in [3.63, 3.8) is 0 Å². The van der Waals surface area contributed by atoms with Crippen LogP contribution in [-0.2, 0) is 0 Å². The van der Waals surface area contributed by atoms with E-state index in [0.29, 0.717) is 12.0 Å². The number of carbonyl (C=O) groups is 1. The molecule has 156 valence electrons. The van der Waals surface area contributed by atoms with Crippen LogP contribution in [0.2, 0.25) is 0 Å². The lowest BCUT2D eigenvalue weighted by Gasteiger charge is -2.37. The molecule has 6 heteroatoms. The molecule has 0 aromatic heterocycles. The number of methoxy groups -OCH3 is 1. The maximum Gasteiger partial charge on any atom is 0.251 e. The molecular formula is C25H21BrN2O3. The number of fused-ring (bicyclic) bond motifs is 3.